The molecule has 0 aliphatic carbocycles. The molecule has 0 bridgehead atoms. The number of hydrogen-bond donors (Lipinski definition) is 3. The van der Waals surface area contributed by atoms with Crippen LogP contribution in [0.4, 0.5) is 0 Å². The molecule has 1 aromatic carbocycles. The molecule has 4 heteroatoms. The second-order valence-corrected chi connectivity index (χ2v) is 3.79. The molecule has 88 valence electrons. The molecule has 0 aliphatic heterocycles. The highest BCUT2D eigenvalue weighted by molar-refractivity contribution is 5.72. The Labute approximate surface area is 95.7 Å². The summed E-state index contributed by atoms with van der Waals surface area (Å²) in [5.41, 5.74) is 2.00. The number of carbonyl (C=O) groups is 1. The van der Waals surface area contributed by atoms with Crippen molar-refractivity contribution in [3.8, 4) is 5.75 Å². The number of aryl methyl sites for hydroxylation is 1. The van der Waals surface area contributed by atoms with E-state index in [1.54, 1.807) is 6.07 Å². The summed E-state index contributed by atoms with van der Waals surface area (Å²) in [6.45, 7) is 5.37. The molecule has 0 heterocycles. The first-order valence-electron chi connectivity index (χ1n) is 5.33. The van der Waals surface area contributed by atoms with Crippen LogP contribution in [0.3, 0.4) is 0 Å². The molecular formula is C12H18N2O2. The number of rotatable bonds is 5. The summed E-state index contributed by atoms with van der Waals surface area (Å²) in [5.74, 6) is 0.276. The predicted octanol–water partition coefficient (Wildman–Crippen LogP) is 0.926. The molecule has 4 nitrogen and oxygen atoms in total. The van der Waals surface area contributed by atoms with Crippen LogP contribution in [0.15, 0.2) is 18.2 Å². The zero-order valence-electron chi connectivity index (χ0n) is 9.71. The van der Waals surface area contributed by atoms with E-state index >= 15 is 0 Å². The van der Waals surface area contributed by atoms with Gasteiger partial charge in [0.25, 0.3) is 0 Å². The van der Waals surface area contributed by atoms with Gasteiger partial charge in [-0.05, 0) is 13.0 Å². The molecule has 0 saturated carbocycles. The maximum absolute atomic E-state index is 10.6. The maximum atomic E-state index is 10.6. The highest BCUT2D eigenvalue weighted by atomic mass is 16.3. The quantitative estimate of drug-likeness (QED) is 0.649. The van der Waals surface area contributed by atoms with Crippen LogP contribution in [-0.2, 0) is 11.3 Å². The molecule has 0 radical (unpaired) electrons. The monoisotopic (exact) mass is 222 g/mol. The standard InChI is InChI=1S/C12H18N2O2/c1-9-3-4-12(16)11(7-9)8-13-5-6-14-10(2)15/h3-4,7,13,16H,5-6,8H2,1-2H3,(H,14,15). The van der Waals surface area contributed by atoms with E-state index in [-0.39, 0.29) is 5.91 Å². The van der Waals surface area contributed by atoms with Crippen molar-refractivity contribution in [2.24, 2.45) is 0 Å². The predicted molar refractivity (Wildman–Crippen MR) is 63.2 cm³/mol. The smallest absolute Gasteiger partial charge is 0.216 e. The molecule has 16 heavy (non-hydrogen) atoms. The third kappa shape index (κ3) is 4.31. The first-order valence-corrected chi connectivity index (χ1v) is 5.33. The zero-order valence-corrected chi connectivity index (χ0v) is 9.71. The summed E-state index contributed by atoms with van der Waals surface area (Å²) in [6, 6.07) is 5.51. The summed E-state index contributed by atoms with van der Waals surface area (Å²) >= 11 is 0. The Balaban J connectivity index is 2.31. The molecular weight excluding hydrogens is 204 g/mol. The van der Waals surface area contributed by atoms with Crippen LogP contribution < -0.4 is 10.6 Å². The third-order valence-corrected chi connectivity index (χ3v) is 2.23. The second-order valence-electron chi connectivity index (χ2n) is 3.79. The Morgan fingerprint density at radius 1 is 1.38 bits per heavy atom. The summed E-state index contributed by atoms with van der Waals surface area (Å²) in [4.78, 5) is 10.6. The van der Waals surface area contributed by atoms with Crippen molar-refractivity contribution in [1.82, 2.24) is 10.6 Å². The van der Waals surface area contributed by atoms with Crippen LogP contribution in [0, 0.1) is 6.92 Å². The first kappa shape index (κ1) is 12.5. The van der Waals surface area contributed by atoms with E-state index in [2.05, 4.69) is 10.6 Å². The molecule has 0 spiro atoms. The van der Waals surface area contributed by atoms with Gasteiger partial charge in [-0.25, -0.2) is 0 Å². The van der Waals surface area contributed by atoms with Crippen LogP contribution in [0.5, 0.6) is 5.75 Å². The normalized spacial score (nSPS) is 10.1. The Morgan fingerprint density at radius 2 is 2.12 bits per heavy atom. The van der Waals surface area contributed by atoms with Crippen molar-refractivity contribution in [3.05, 3.63) is 29.3 Å². The summed E-state index contributed by atoms with van der Waals surface area (Å²) in [6.07, 6.45) is 0. The van der Waals surface area contributed by atoms with Gasteiger partial charge in [-0.2, -0.15) is 0 Å². The SMILES string of the molecule is CC(=O)NCCNCc1cc(C)ccc1O. The van der Waals surface area contributed by atoms with Gasteiger partial charge in [-0.1, -0.05) is 17.7 Å². The molecule has 0 aromatic heterocycles. The minimum absolute atomic E-state index is 0.0276. The fourth-order valence-electron chi connectivity index (χ4n) is 1.41. The molecule has 0 aliphatic rings. The van der Waals surface area contributed by atoms with E-state index in [0.717, 1.165) is 11.1 Å². The van der Waals surface area contributed by atoms with Gasteiger partial charge in [0.05, 0.1) is 0 Å². The summed E-state index contributed by atoms with van der Waals surface area (Å²) in [7, 11) is 0. The Morgan fingerprint density at radius 3 is 2.81 bits per heavy atom. The van der Waals surface area contributed by atoms with Crippen LogP contribution >= 0.6 is 0 Å². The molecule has 0 atom stereocenters. The average Bonchev–Trinajstić information content (AvgIpc) is 2.22. The number of benzene rings is 1. The van der Waals surface area contributed by atoms with Gasteiger partial charge in [0.1, 0.15) is 5.75 Å². The molecule has 1 rings (SSSR count). The zero-order chi connectivity index (χ0) is 12.0. The topological polar surface area (TPSA) is 61.4 Å². The minimum Gasteiger partial charge on any atom is -0.508 e. The Hall–Kier alpha value is -1.55. The van der Waals surface area contributed by atoms with Crippen LogP contribution in [0.2, 0.25) is 0 Å². The van der Waals surface area contributed by atoms with Crippen molar-refractivity contribution in [2.75, 3.05) is 13.1 Å². The van der Waals surface area contributed by atoms with Crippen molar-refractivity contribution in [3.63, 3.8) is 0 Å². The molecule has 0 unspecified atom stereocenters. The van der Waals surface area contributed by atoms with E-state index in [1.807, 2.05) is 19.1 Å². The van der Waals surface area contributed by atoms with Gasteiger partial charge >= 0.3 is 0 Å². The van der Waals surface area contributed by atoms with Gasteiger partial charge in [0, 0.05) is 32.1 Å². The van der Waals surface area contributed by atoms with Crippen LogP contribution in [-0.4, -0.2) is 24.1 Å². The van der Waals surface area contributed by atoms with Crippen LogP contribution in [0.1, 0.15) is 18.1 Å². The Kier molecular flexibility index (Phi) is 4.79. The maximum Gasteiger partial charge on any atom is 0.216 e. The van der Waals surface area contributed by atoms with Crippen molar-refractivity contribution in [1.29, 1.82) is 0 Å². The summed E-state index contributed by atoms with van der Waals surface area (Å²) in [5, 5.41) is 15.4. The molecule has 1 amide bonds. The Bertz CT molecular complexity index is 364. The fourth-order valence-corrected chi connectivity index (χ4v) is 1.41. The largest absolute Gasteiger partial charge is 0.508 e. The number of phenols is 1. The second kappa shape index (κ2) is 6.12. The third-order valence-electron chi connectivity index (χ3n) is 2.23. The molecule has 0 fully saturated rings. The van der Waals surface area contributed by atoms with E-state index in [4.69, 9.17) is 0 Å². The van der Waals surface area contributed by atoms with E-state index in [1.165, 1.54) is 6.92 Å². The van der Waals surface area contributed by atoms with E-state index in [0.29, 0.717) is 25.4 Å². The first-order chi connectivity index (χ1) is 7.59. The van der Waals surface area contributed by atoms with Gasteiger partial charge < -0.3 is 15.7 Å². The number of amides is 1. The number of phenolic OH excluding ortho intramolecular Hbond substituents is 1. The van der Waals surface area contributed by atoms with Gasteiger partial charge in [0.2, 0.25) is 5.91 Å². The molecule has 1 aromatic rings. The molecule has 0 saturated heterocycles. The highest BCUT2D eigenvalue weighted by Gasteiger charge is 2.00. The van der Waals surface area contributed by atoms with Crippen molar-refractivity contribution < 1.29 is 9.90 Å². The molecule has 3 N–H and O–H groups in total. The number of hydrogen-bond acceptors (Lipinski definition) is 3. The van der Waals surface area contributed by atoms with Gasteiger partial charge in [-0.3, -0.25) is 4.79 Å². The van der Waals surface area contributed by atoms with Gasteiger partial charge in [-0.15, -0.1) is 0 Å². The fraction of sp³-hybridized carbons (Fsp3) is 0.417. The van der Waals surface area contributed by atoms with E-state index < -0.39 is 0 Å². The lowest BCUT2D eigenvalue weighted by molar-refractivity contribution is -0.118. The lowest BCUT2D eigenvalue weighted by atomic mass is 10.1. The lowest BCUT2D eigenvalue weighted by Gasteiger charge is -2.08. The number of carbonyl (C=O) groups excluding carboxylic acids is 1. The number of nitrogens with one attached hydrogen (secondary N) is 2. The van der Waals surface area contributed by atoms with Crippen molar-refractivity contribution >= 4 is 5.91 Å². The summed E-state index contributed by atoms with van der Waals surface area (Å²) < 4.78 is 0. The highest BCUT2D eigenvalue weighted by Crippen LogP contribution is 2.17. The minimum atomic E-state index is -0.0276. The number of aromatic hydroxyl groups is 1. The van der Waals surface area contributed by atoms with Crippen LogP contribution in [0.25, 0.3) is 0 Å². The lowest BCUT2D eigenvalue weighted by Crippen LogP contribution is -2.29. The van der Waals surface area contributed by atoms with Gasteiger partial charge in [0.15, 0.2) is 0 Å². The average molecular weight is 222 g/mol. The van der Waals surface area contributed by atoms with E-state index in [9.17, 15) is 9.90 Å². The van der Waals surface area contributed by atoms with Crippen molar-refractivity contribution in [2.45, 2.75) is 20.4 Å².